The van der Waals surface area contributed by atoms with E-state index in [1.165, 1.54) is 0 Å². The molecule has 1 atom stereocenters. The highest BCUT2D eigenvalue weighted by atomic mass is 16.5. The number of carbonyl (C=O) groups excluding carboxylic acids is 2. The van der Waals surface area contributed by atoms with E-state index in [1.807, 2.05) is 60.4 Å². The van der Waals surface area contributed by atoms with E-state index in [2.05, 4.69) is 28.2 Å². The number of aromatic amines is 1. The van der Waals surface area contributed by atoms with Crippen molar-refractivity contribution in [3.8, 4) is 16.9 Å². The number of nitrogens with one attached hydrogen (secondary N) is 1. The fourth-order valence-electron chi connectivity index (χ4n) is 4.90. The van der Waals surface area contributed by atoms with Crippen molar-refractivity contribution in [1.29, 1.82) is 0 Å². The molecular weight excluding hydrogens is 466 g/mol. The number of hydrogen-bond donors (Lipinski definition) is 1. The summed E-state index contributed by atoms with van der Waals surface area (Å²) in [6.07, 6.45) is 0.530. The average molecular weight is 498 g/mol. The minimum Gasteiger partial charge on any atom is -0.491 e. The van der Waals surface area contributed by atoms with Crippen LogP contribution in [0.15, 0.2) is 66.7 Å². The summed E-state index contributed by atoms with van der Waals surface area (Å²) in [6, 6.07) is 22.1. The Bertz CT molecular complexity index is 1410. The Balaban J connectivity index is 1.40. The molecule has 0 aliphatic carbocycles. The molecule has 0 saturated carbocycles. The molecule has 1 unspecified atom stereocenters. The van der Waals surface area contributed by atoms with Gasteiger partial charge >= 0.3 is 5.97 Å². The largest absolute Gasteiger partial charge is 0.491 e. The molecule has 3 aromatic carbocycles. The molecule has 4 aromatic rings. The van der Waals surface area contributed by atoms with Gasteiger partial charge in [-0.15, -0.1) is 0 Å². The fourth-order valence-corrected chi connectivity index (χ4v) is 4.90. The van der Waals surface area contributed by atoms with Gasteiger partial charge in [0.25, 0.3) is 0 Å². The Kier molecular flexibility index (Phi) is 7.21. The van der Waals surface area contributed by atoms with E-state index in [0.717, 1.165) is 44.9 Å². The van der Waals surface area contributed by atoms with Crippen LogP contribution in [-0.4, -0.2) is 46.5 Å². The number of rotatable bonds is 7. The zero-order valence-electron chi connectivity index (χ0n) is 21.2. The summed E-state index contributed by atoms with van der Waals surface area (Å²) < 4.78 is 11.2. The number of esters is 1. The van der Waals surface area contributed by atoms with Gasteiger partial charge < -0.3 is 19.4 Å². The minimum absolute atomic E-state index is 0.0510. The Morgan fingerprint density at radius 3 is 2.68 bits per heavy atom. The van der Waals surface area contributed by atoms with Crippen molar-refractivity contribution >= 4 is 22.9 Å². The van der Waals surface area contributed by atoms with Crippen LogP contribution in [0.25, 0.3) is 22.2 Å². The van der Waals surface area contributed by atoms with Crippen LogP contribution in [0.3, 0.4) is 0 Å². The SMILES string of the molecule is CCOC(=O)CC(Cc1ccccc1)C(=O)N1CCOc2ccc(-c3ccc4nc(C)[nH]c4c3)cc2C1. The number of amides is 1. The van der Waals surface area contributed by atoms with Gasteiger partial charge in [-0.3, -0.25) is 9.59 Å². The van der Waals surface area contributed by atoms with Gasteiger partial charge in [-0.2, -0.15) is 0 Å². The molecular formula is C30H31N3O4. The molecule has 1 amide bonds. The van der Waals surface area contributed by atoms with Gasteiger partial charge in [-0.25, -0.2) is 4.98 Å². The van der Waals surface area contributed by atoms with E-state index in [-0.39, 0.29) is 18.3 Å². The monoisotopic (exact) mass is 497 g/mol. The number of aryl methyl sites for hydroxylation is 1. The fraction of sp³-hybridized carbons (Fsp3) is 0.300. The molecule has 1 N–H and O–H groups in total. The summed E-state index contributed by atoms with van der Waals surface area (Å²) in [7, 11) is 0. The average Bonchev–Trinajstić information content (AvgIpc) is 3.14. The van der Waals surface area contributed by atoms with Gasteiger partial charge in [0.1, 0.15) is 18.2 Å². The van der Waals surface area contributed by atoms with Crippen LogP contribution in [-0.2, 0) is 27.3 Å². The van der Waals surface area contributed by atoms with Crippen LogP contribution in [0.4, 0.5) is 0 Å². The number of hydrogen-bond acceptors (Lipinski definition) is 5. The maximum Gasteiger partial charge on any atom is 0.306 e. The van der Waals surface area contributed by atoms with E-state index in [4.69, 9.17) is 9.47 Å². The maximum atomic E-state index is 13.8. The van der Waals surface area contributed by atoms with Gasteiger partial charge in [0.05, 0.1) is 36.5 Å². The van der Waals surface area contributed by atoms with Crippen LogP contribution in [0.1, 0.15) is 30.3 Å². The smallest absolute Gasteiger partial charge is 0.306 e. The highest BCUT2D eigenvalue weighted by Crippen LogP contribution is 2.31. The molecule has 0 bridgehead atoms. The molecule has 5 rings (SSSR count). The zero-order chi connectivity index (χ0) is 25.8. The zero-order valence-corrected chi connectivity index (χ0v) is 21.2. The van der Waals surface area contributed by atoms with Crippen LogP contribution in [0, 0.1) is 12.8 Å². The molecule has 1 aliphatic heterocycles. The highest BCUT2D eigenvalue weighted by molar-refractivity contribution is 5.85. The summed E-state index contributed by atoms with van der Waals surface area (Å²) in [4.78, 5) is 35.7. The molecule has 0 fully saturated rings. The van der Waals surface area contributed by atoms with Crippen molar-refractivity contribution in [3.05, 3.63) is 83.7 Å². The van der Waals surface area contributed by atoms with Crippen molar-refractivity contribution in [2.45, 2.75) is 33.2 Å². The van der Waals surface area contributed by atoms with Crippen molar-refractivity contribution in [3.63, 3.8) is 0 Å². The van der Waals surface area contributed by atoms with Crippen LogP contribution in [0.2, 0.25) is 0 Å². The number of ether oxygens (including phenoxy) is 2. The topological polar surface area (TPSA) is 84.5 Å². The number of benzene rings is 3. The first-order valence-corrected chi connectivity index (χ1v) is 12.7. The Morgan fingerprint density at radius 2 is 1.86 bits per heavy atom. The first-order chi connectivity index (χ1) is 18.0. The highest BCUT2D eigenvalue weighted by Gasteiger charge is 2.29. The standard InChI is InChI=1S/C30H31N3O4/c1-3-36-29(34)18-24(15-21-7-5-4-6-8-21)30(35)33-13-14-37-28-12-10-22(16-25(28)19-33)23-9-11-26-27(17-23)32-20(2)31-26/h4-12,16-17,24H,3,13-15,18-19H2,1-2H3,(H,31,32). The van der Waals surface area contributed by atoms with E-state index in [9.17, 15) is 9.59 Å². The molecule has 190 valence electrons. The van der Waals surface area contributed by atoms with E-state index in [0.29, 0.717) is 32.7 Å². The van der Waals surface area contributed by atoms with E-state index >= 15 is 0 Å². The summed E-state index contributed by atoms with van der Waals surface area (Å²) in [5.41, 5.74) is 5.98. The normalized spacial score (nSPS) is 13.9. The van der Waals surface area contributed by atoms with Gasteiger partial charge in [0, 0.05) is 12.1 Å². The predicted octanol–water partition coefficient (Wildman–Crippen LogP) is 5.07. The molecule has 0 radical (unpaired) electrons. The second-order valence-corrected chi connectivity index (χ2v) is 9.38. The van der Waals surface area contributed by atoms with Crippen molar-refractivity contribution in [2.75, 3.05) is 19.8 Å². The van der Waals surface area contributed by atoms with Crippen LogP contribution < -0.4 is 4.74 Å². The second kappa shape index (κ2) is 10.9. The summed E-state index contributed by atoms with van der Waals surface area (Å²) in [5.74, 6) is 0.743. The molecule has 1 aliphatic rings. The molecule has 7 heteroatoms. The summed E-state index contributed by atoms with van der Waals surface area (Å²) in [6.45, 7) is 5.28. The lowest BCUT2D eigenvalue weighted by Gasteiger charge is -2.25. The van der Waals surface area contributed by atoms with Crippen molar-refractivity contribution < 1.29 is 19.1 Å². The first-order valence-electron chi connectivity index (χ1n) is 12.7. The quantitative estimate of drug-likeness (QED) is 0.360. The van der Waals surface area contributed by atoms with Gasteiger partial charge in [0.2, 0.25) is 5.91 Å². The number of fused-ring (bicyclic) bond motifs is 2. The first kappa shape index (κ1) is 24.6. The molecule has 0 spiro atoms. The lowest BCUT2D eigenvalue weighted by Crippen LogP contribution is -2.39. The third-order valence-corrected chi connectivity index (χ3v) is 6.68. The number of aromatic nitrogens is 2. The third-order valence-electron chi connectivity index (χ3n) is 6.68. The lowest BCUT2D eigenvalue weighted by molar-refractivity contribution is -0.148. The van der Waals surface area contributed by atoms with Gasteiger partial charge in [-0.1, -0.05) is 42.5 Å². The third kappa shape index (κ3) is 5.66. The Morgan fingerprint density at radius 1 is 1.08 bits per heavy atom. The summed E-state index contributed by atoms with van der Waals surface area (Å²) in [5, 5.41) is 0. The number of nitrogens with zero attached hydrogens (tertiary/aromatic N) is 2. The minimum atomic E-state index is -0.503. The number of H-pyrrole nitrogens is 1. The van der Waals surface area contributed by atoms with E-state index < -0.39 is 5.92 Å². The second-order valence-electron chi connectivity index (χ2n) is 9.38. The van der Waals surface area contributed by atoms with Gasteiger partial charge in [0.15, 0.2) is 0 Å². The molecule has 1 aromatic heterocycles. The number of carbonyl (C=O) groups is 2. The van der Waals surface area contributed by atoms with Crippen LogP contribution >= 0.6 is 0 Å². The predicted molar refractivity (Wildman–Crippen MR) is 142 cm³/mol. The van der Waals surface area contributed by atoms with Crippen molar-refractivity contribution in [2.24, 2.45) is 5.92 Å². The van der Waals surface area contributed by atoms with Gasteiger partial charge in [-0.05, 0) is 61.2 Å². The Hall–Kier alpha value is -4.13. The van der Waals surface area contributed by atoms with Crippen LogP contribution in [0.5, 0.6) is 5.75 Å². The van der Waals surface area contributed by atoms with E-state index in [1.54, 1.807) is 6.92 Å². The number of imidazole rings is 1. The van der Waals surface area contributed by atoms with Crippen molar-refractivity contribution in [1.82, 2.24) is 14.9 Å². The molecule has 2 heterocycles. The molecule has 7 nitrogen and oxygen atoms in total. The molecule has 37 heavy (non-hydrogen) atoms. The Labute approximate surface area is 216 Å². The molecule has 0 saturated heterocycles. The lowest BCUT2D eigenvalue weighted by atomic mass is 9.94. The maximum absolute atomic E-state index is 13.8. The summed E-state index contributed by atoms with van der Waals surface area (Å²) >= 11 is 0.